The van der Waals surface area contributed by atoms with Crippen LogP contribution in [-0.2, 0) is 13.0 Å². The van der Waals surface area contributed by atoms with Gasteiger partial charge in [0.2, 0.25) is 0 Å². The van der Waals surface area contributed by atoms with Crippen LogP contribution >= 0.6 is 11.6 Å². The molecule has 0 aromatic heterocycles. The van der Waals surface area contributed by atoms with Gasteiger partial charge in [0.15, 0.2) is 0 Å². The highest BCUT2D eigenvalue weighted by atomic mass is 35.5. The lowest BCUT2D eigenvalue weighted by Gasteiger charge is -2.51. The second-order valence-corrected chi connectivity index (χ2v) is 9.95. The minimum absolute atomic E-state index is 0.127. The van der Waals surface area contributed by atoms with E-state index in [9.17, 15) is 0 Å². The topological polar surface area (TPSA) is 30.9 Å². The number of nitrogens with zero attached hydrogens (tertiary/aromatic N) is 3. The van der Waals surface area contributed by atoms with E-state index in [1.165, 1.54) is 35.5 Å². The van der Waals surface area contributed by atoms with Gasteiger partial charge in [0.25, 0.3) is 0 Å². The summed E-state index contributed by atoms with van der Waals surface area (Å²) in [5.41, 5.74) is 4.18. The van der Waals surface area contributed by atoms with Crippen molar-refractivity contribution in [1.29, 1.82) is 0 Å². The van der Waals surface area contributed by atoms with Gasteiger partial charge in [0.1, 0.15) is 5.84 Å². The number of nitrogens with one attached hydrogen (secondary N) is 1. The van der Waals surface area contributed by atoms with E-state index in [0.29, 0.717) is 12.6 Å². The number of rotatable bonds is 3. The molecule has 0 amide bonds. The number of hydrogen-bond acceptors (Lipinski definition) is 3. The number of para-hydroxylation sites is 1. The van der Waals surface area contributed by atoms with Crippen LogP contribution in [0.3, 0.4) is 0 Å². The molecule has 2 fully saturated rings. The van der Waals surface area contributed by atoms with Gasteiger partial charge in [-0.15, -0.1) is 0 Å². The Kier molecular flexibility index (Phi) is 6.05. The van der Waals surface area contributed by atoms with Crippen LogP contribution in [0.4, 0.5) is 5.69 Å². The van der Waals surface area contributed by atoms with Crippen LogP contribution < -0.4 is 10.2 Å². The fourth-order valence-electron chi connectivity index (χ4n) is 5.68. The third-order valence-corrected chi connectivity index (χ3v) is 7.63. The van der Waals surface area contributed by atoms with Crippen molar-refractivity contribution in [3.63, 3.8) is 0 Å². The molecule has 0 saturated carbocycles. The molecule has 0 unspecified atom stereocenters. The smallest absolute Gasteiger partial charge is 0.111 e. The SMILES string of the molecule is CN1CCC(N2C(=NCc3cccc(Cl)c3)C3(CCNCC3)Cc3ccccc32)CC1. The van der Waals surface area contributed by atoms with Crippen LogP contribution in [0, 0.1) is 5.41 Å². The summed E-state index contributed by atoms with van der Waals surface area (Å²) in [6.45, 7) is 5.13. The van der Waals surface area contributed by atoms with Gasteiger partial charge in [-0.1, -0.05) is 41.9 Å². The summed E-state index contributed by atoms with van der Waals surface area (Å²) >= 11 is 6.27. The maximum Gasteiger partial charge on any atom is 0.111 e. The van der Waals surface area contributed by atoms with Crippen molar-refractivity contribution in [2.24, 2.45) is 10.4 Å². The first-order valence-electron chi connectivity index (χ1n) is 11.7. The molecule has 0 aliphatic carbocycles. The predicted molar refractivity (Wildman–Crippen MR) is 130 cm³/mol. The third-order valence-electron chi connectivity index (χ3n) is 7.40. The second-order valence-electron chi connectivity index (χ2n) is 9.51. The van der Waals surface area contributed by atoms with Crippen molar-refractivity contribution in [3.8, 4) is 0 Å². The zero-order valence-electron chi connectivity index (χ0n) is 18.5. The Morgan fingerprint density at radius 1 is 1.06 bits per heavy atom. The fraction of sp³-hybridized carbons (Fsp3) is 0.500. The Balaban J connectivity index is 1.58. The summed E-state index contributed by atoms with van der Waals surface area (Å²) in [6.07, 6.45) is 5.78. The highest BCUT2D eigenvalue weighted by Gasteiger charge is 2.46. The predicted octanol–water partition coefficient (Wildman–Crippen LogP) is 4.77. The van der Waals surface area contributed by atoms with E-state index in [1.54, 1.807) is 0 Å². The lowest BCUT2D eigenvalue weighted by atomic mass is 9.69. The Labute approximate surface area is 191 Å². The van der Waals surface area contributed by atoms with E-state index in [4.69, 9.17) is 16.6 Å². The molecule has 3 aliphatic heterocycles. The molecule has 2 saturated heterocycles. The van der Waals surface area contributed by atoms with E-state index in [2.05, 4.69) is 58.6 Å². The lowest BCUT2D eigenvalue weighted by molar-refractivity contribution is 0.245. The molecule has 0 bridgehead atoms. The van der Waals surface area contributed by atoms with Gasteiger partial charge < -0.3 is 15.1 Å². The highest BCUT2D eigenvalue weighted by molar-refractivity contribution is 6.30. The van der Waals surface area contributed by atoms with E-state index < -0.39 is 0 Å². The number of piperidine rings is 2. The maximum absolute atomic E-state index is 6.27. The fourth-order valence-corrected chi connectivity index (χ4v) is 5.90. The van der Waals surface area contributed by atoms with Crippen molar-refractivity contribution in [2.45, 2.75) is 44.7 Å². The standard InChI is InChI=1S/C26H33ClN4/c1-30-15-9-23(10-16-30)31-24-8-3-2-6-21(24)18-26(11-13-28-14-12-26)25(31)29-19-20-5-4-7-22(27)17-20/h2-8,17,23,28H,9-16,18-19H2,1H3. The Morgan fingerprint density at radius 2 is 1.84 bits per heavy atom. The minimum atomic E-state index is 0.127. The molecule has 5 heteroatoms. The molecule has 1 spiro atoms. The largest absolute Gasteiger partial charge is 0.326 e. The van der Waals surface area contributed by atoms with Crippen LogP contribution in [-0.4, -0.2) is 50.0 Å². The summed E-state index contributed by atoms with van der Waals surface area (Å²) in [5.74, 6) is 1.32. The Hall–Kier alpha value is -1.88. The number of benzene rings is 2. The van der Waals surface area contributed by atoms with Gasteiger partial charge >= 0.3 is 0 Å². The number of anilines is 1. The first-order valence-corrected chi connectivity index (χ1v) is 12.1. The number of hydrogen-bond donors (Lipinski definition) is 1. The monoisotopic (exact) mass is 436 g/mol. The number of likely N-dealkylation sites (tertiary alicyclic amines) is 1. The molecule has 31 heavy (non-hydrogen) atoms. The summed E-state index contributed by atoms with van der Waals surface area (Å²) < 4.78 is 0. The van der Waals surface area contributed by atoms with Crippen LogP contribution in [0.5, 0.6) is 0 Å². The molecule has 2 aromatic carbocycles. The summed E-state index contributed by atoms with van der Waals surface area (Å²) in [4.78, 5) is 10.5. The number of amidine groups is 1. The minimum Gasteiger partial charge on any atom is -0.326 e. The average Bonchev–Trinajstić information content (AvgIpc) is 2.79. The highest BCUT2D eigenvalue weighted by Crippen LogP contribution is 2.45. The molecule has 3 heterocycles. The average molecular weight is 437 g/mol. The zero-order chi connectivity index (χ0) is 21.3. The normalized spacial score (nSPS) is 23.3. The summed E-state index contributed by atoms with van der Waals surface area (Å²) in [5, 5.41) is 4.37. The molecular formula is C26H33ClN4. The van der Waals surface area contributed by atoms with Gasteiger partial charge in [0.05, 0.1) is 6.54 Å². The van der Waals surface area contributed by atoms with Crippen molar-refractivity contribution < 1.29 is 0 Å². The van der Waals surface area contributed by atoms with E-state index in [0.717, 1.165) is 50.5 Å². The molecular weight excluding hydrogens is 404 g/mol. The molecule has 1 N–H and O–H groups in total. The van der Waals surface area contributed by atoms with Gasteiger partial charge in [-0.05, 0) is 94.7 Å². The summed E-state index contributed by atoms with van der Waals surface area (Å²) in [7, 11) is 2.24. The van der Waals surface area contributed by atoms with Crippen LogP contribution in [0.2, 0.25) is 5.02 Å². The molecule has 2 aromatic rings. The van der Waals surface area contributed by atoms with E-state index in [1.807, 2.05) is 12.1 Å². The van der Waals surface area contributed by atoms with Crippen molar-refractivity contribution in [3.05, 3.63) is 64.7 Å². The Morgan fingerprint density at radius 3 is 2.61 bits per heavy atom. The van der Waals surface area contributed by atoms with Crippen molar-refractivity contribution in [2.75, 3.05) is 38.1 Å². The third kappa shape index (κ3) is 4.26. The quantitative estimate of drug-likeness (QED) is 0.752. The molecule has 4 nitrogen and oxygen atoms in total. The zero-order valence-corrected chi connectivity index (χ0v) is 19.2. The molecule has 164 valence electrons. The number of fused-ring (bicyclic) bond motifs is 1. The van der Waals surface area contributed by atoms with Crippen LogP contribution in [0.25, 0.3) is 0 Å². The lowest BCUT2D eigenvalue weighted by Crippen LogP contribution is -2.58. The Bertz CT molecular complexity index is 942. The molecule has 0 radical (unpaired) electrons. The van der Waals surface area contributed by atoms with Gasteiger partial charge in [-0.25, -0.2) is 0 Å². The first-order chi connectivity index (χ1) is 15.1. The number of halogens is 1. The van der Waals surface area contributed by atoms with Gasteiger partial charge in [-0.3, -0.25) is 4.99 Å². The van der Waals surface area contributed by atoms with E-state index in [-0.39, 0.29) is 5.41 Å². The van der Waals surface area contributed by atoms with Crippen LogP contribution in [0.1, 0.15) is 36.8 Å². The summed E-state index contributed by atoms with van der Waals surface area (Å²) in [6, 6.07) is 17.7. The second kappa shape index (κ2) is 8.93. The van der Waals surface area contributed by atoms with E-state index >= 15 is 0 Å². The first kappa shape index (κ1) is 21.0. The van der Waals surface area contributed by atoms with Crippen molar-refractivity contribution in [1.82, 2.24) is 10.2 Å². The number of aliphatic imine (C=N–C) groups is 1. The van der Waals surface area contributed by atoms with Crippen LogP contribution in [0.15, 0.2) is 53.5 Å². The van der Waals surface area contributed by atoms with Gasteiger partial charge in [-0.2, -0.15) is 0 Å². The molecule has 0 atom stereocenters. The molecule has 3 aliphatic rings. The molecule has 5 rings (SSSR count). The maximum atomic E-state index is 6.27. The van der Waals surface area contributed by atoms with Gasteiger partial charge in [0, 0.05) is 22.2 Å². The van der Waals surface area contributed by atoms with Crippen molar-refractivity contribution >= 4 is 23.1 Å².